The van der Waals surface area contributed by atoms with Crippen LogP contribution in [0.2, 0.25) is 0 Å². The number of alkyl halides is 1. The number of nitrogens with one attached hydrogen (secondary N) is 2. The number of nitrogens with zero attached hydrogens (tertiary/aromatic N) is 3. The summed E-state index contributed by atoms with van der Waals surface area (Å²) in [6.45, 7) is 0.384. The average molecular weight is 639 g/mol. The number of aromatic amines is 1. The first-order chi connectivity index (χ1) is 20.9. The number of nitrogen functional groups attached to an aromatic ring is 1. The van der Waals surface area contributed by atoms with Crippen molar-refractivity contribution in [1.82, 2.24) is 24.6 Å². The molecule has 5 rings (SSSR count). The summed E-state index contributed by atoms with van der Waals surface area (Å²) in [4.78, 5) is 35.5. The largest absolute Gasteiger partial charge is 0.461 e. The number of benzene rings is 1. The Balaban J connectivity index is 1.41. The van der Waals surface area contributed by atoms with Crippen molar-refractivity contribution in [2.75, 3.05) is 19.0 Å². The van der Waals surface area contributed by atoms with Gasteiger partial charge in [0.25, 0.3) is 5.56 Å². The Labute approximate surface area is 251 Å². The predicted octanol–water partition coefficient (Wildman–Crippen LogP) is 2.11. The standard InChI is InChI=1S/C27H36FN6O9P/c1-16(23(36)41-17-9-5-3-6-10-17)33-44(39,42-18-11-7-4-8-12-18)43-19(13-28)27(38)14-40-24(26(27,2)37)34-15-30-20-21(34)31-25(29)32-22(20)35/h4,7-8,11-12,15-17,19,24,37-38H,3,5-6,9-10,13-14H2,1-2H3,(H,33,39)(H3,29,31,32,35)/t16?,19?,24-,26+,27-,44?/m1/s1. The molecule has 0 radical (unpaired) electrons. The van der Waals surface area contributed by atoms with E-state index in [0.29, 0.717) is 12.8 Å². The van der Waals surface area contributed by atoms with Gasteiger partial charge < -0.3 is 29.9 Å². The number of carbonyl (C=O) groups is 1. The normalized spacial score (nSPS) is 27.1. The van der Waals surface area contributed by atoms with Gasteiger partial charge in [-0.05, 0) is 51.7 Å². The molecule has 1 aromatic carbocycles. The number of H-pyrrole nitrogens is 1. The van der Waals surface area contributed by atoms with Crippen LogP contribution in [0.25, 0.3) is 11.2 Å². The molecule has 240 valence electrons. The minimum atomic E-state index is -4.67. The zero-order valence-electron chi connectivity index (χ0n) is 24.2. The summed E-state index contributed by atoms with van der Waals surface area (Å²) in [5, 5.41) is 25.9. The number of carbonyl (C=O) groups excluding carboxylic acids is 1. The van der Waals surface area contributed by atoms with Gasteiger partial charge in [-0.1, -0.05) is 24.6 Å². The monoisotopic (exact) mass is 638 g/mol. The second-order valence-electron chi connectivity index (χ2n) is 11.2. The zero-order valence-corrected chi connectivity index (χ0v) is 25.1. The van der Waals surface area contributed by atoms with E-state index in [2.05, 4.69) is 20.0 Å². The highest BCUT2D eigenvalue weighted by Gasteiger charge is 2.64. The van der Waals surface area contributed by atoms with Gasteiger partial charge in [0.15, 0.2) is 17.4 Å². The Morgan fingerprint density at radius 3 is 2.68 bits per heavy atom. The fraction of sp³-hybridized carbons (Fsp3) is 0.556. The highest BCUT2D eigenvalue weighted by Crippen LogP contribution is 2.52. The summed E-state index contributed by atoms with van der Waals surface area (Å²) in [7, 11) is -4.67. The summed E-state index contributed by atoms with van der Waals surface area (Å²) < 4.78 is 52.7. The number of ether oxygens (including phenoxy) is 2. The number of para-hydroxylation sites is 1. The van der Waals surface area contributed by atoms with E-state index < -0.39 is 62.1 Å². The lowest BCUT2D eigenvalue weighted by Crippen LogP contribution is -2.61. The van der Waals surface area contributed by atoms with Crippen molar-refractivity contribution < 1.29 is 42.5 Å². The summed E-state index contributed by atoms with van der Waals surface area (Å²) in [6, 6.07) is 6.60. The number of aliphatic hydroxyl groups is 2. The number of hydrogen-bond donors (Lipinski definition) is 5. The molecule has 3 aromatic rings. The Bertz CT molecular complexity index is 1580. The van der Waals surface area contributed by atoms with E-state index >= 15 is 0 Å². The lowest BCUT2D eigenvalue weighted by molar-refractivity contribution is -0.181. The van der Waals surface area contributed by atoms with E-state index in [1.54, 1.807) is 18.2 Å². The van der Waals surface area contributed by atoms with Crippen molar-refractivity contribution in [3.63, 3.8) is 0 Å². The molecule has 17 heteroatoms. The van der Waals surface area contributed by atoms with E-state index in [-0.39, 0.29) is 29.0 Å². The SMILES string of the molecule is CC(NP(=O)(Oc1ccccc1)OC(CF)[C@]1(O)CO[C@@H](n2cnc3c(=O)[nH]c(N)nc32)[C@]1(C)O)C(=O)OC1CCCCC1. The van der Waals surface area contributed by atoms with E-state index in [4.69, 9.17) is 24.3 Å². The van der Waals surface area contributed by atoms with Gasteiger partial charge in [-0.25, -0.2) is 13.9 Å². The van der Waals surface area contributed by atoms with Crippen molar-refractivity contribution in [2.45, 2.75) is 81.6 Å². The number of imidazole rings is 1. The van der Waals surface area contributed by atoms with Crippen LogP contribution in [-0.2, 0) is 23.4 Å². The number of halogens is 1. The fourth-order valence-electron chi connectivity index (χ4n) is 5.46. The van der Waals surface area contributed by atoms with Gasteiger partial charge >= 0.3 is 13.7 Å². The van der Waals surface area contributed by atoms with E-state index in [0.717, 1.165) is 37.1 Å². The lowest BCUT2D eigenvalue weighted by Gasteiger charge is -2.41. The summed E-state index contributed by atoms with van der Waals surface area (Å²) in [6.07, 6.45) is 1.71. The van der Waals surface area contributed by atoms with Crippen LogP contribution >= 0.6 is 7.75 Å². The second-order valence-corrected chi connectivity index (χ2v) is 12.9. The van der Waals surface area contributed by atoms with Crippen molar-refractivity contribution in [3.8, 4) is 5.75 Å². The van der Waals surface area contributed by atoms with Crippen molar-refractivity contribution in [2.24, 2.45) is 0 Å². The topological polar surface area (TPSA) is 213 Å². The Kier molecular flexibility index (Phi) is 9.12. The molecule has 1 saturated carbocycles. The molecular formula is C27H36FN6O9P. The molecule has 3 heterocycles. The molecule has 0 spiro atoms. The van der Waals surface area contributed by atoms with Gasteiger partial charge in [0, 0.05) is 0 Å². The molecule has 2 aromatic heterocycles. The number of fused-ring (bicyclic) bond motifs is 1. The smallest absolute Gasteiger partial charge is 0.459 e. The zero-order chi connectivity index (χ0) is 31.7. The molecule has 2 aliphatic rings. The van der Waals surface area contributed by atoms with Crippen LogP contribution in [-0.4, -0.2) is 78.4 Å². The summed E-state index contributed by atoms with van der Waals surface area (Å²) >= 11 is 0. The third-order valence-electron chi connectivity index (χ3n) is 7.97. The fourth-order valence-corrected chi connectivity index (χ4v) is 7.16. The third-order valence-corrected chi connectivity index (χ3v) is 9.66. The maximum atomic E-state index is 14.8. The maximum absolute atomic E-state index is 14.8. The molecule has 15 nitrogen and oxygen atoms in total. The molecule has 6 N–H and O–H groups in total. The van der Waals surface area contributed by atoms with Crippen molar-refractivity contribution >= 4 is 30.8 Å². The molecule has 1 saturated heterocycles. The van der Waals surface area contributed by atoms with Crippen LogP contribution in [0.1, 0.15) is 52.2 Å². The molecular weight excluding hydrogens is 602 g/mol. The molecule has 44 heavy (non-hydrogen) atoms. The van der Waals surface area contributed by atoms with Gasteiger partial charge in [0.1, 0.15) is 41.9 Å². The third kappa shape index (κ3) is 6.23. The number of hydrogen-bond acceptors (Lipinski definition) is 12. The van der Waals surface area contributed by atoms with E-state index in [1.165, 1.54) is 19.1 Å². The van der Waals surface area contributed by atoms with Crippen molar-refractivity contribution in [1.29, 1.82) is 0 Å². The first-order valence-electron chi connectivity index (χ1n) is 14.2. The molecule has 0 amide bonds. The van der Waals surface area contributed by atoms with Crippen LogP contribution in [0.3, 0.4) is 0 Å². The molecule has 1 aliphatic carbocycles. The van der Waals surface area contributed by atoms with Crippen LogP contribution < -0.4 is 20.9 Å². The molecule has 0 bridgehead atoms. The van der Waals surface area contributed by atoms with E-state index in [1.807, 2.05) is 0 Å². The molecule has 6 atom stereocenters. The van der Waals surface area contributed by atoms with Gasteiger partial charge in [-0.15, -0.1) is 0 Å². The quantitative estimate of drug-likeness (QED) is 0.151. The van der Waals surface area contributed by atoms with Gasteiger partial charge in [-0.3, -0.25) is 23.7 Å². The summed E-state index contributed by atoms with van der Waals surface area (Å²) in [5.74, 6) is -0.881. The maximum Gasteiger partial charge on any atom is 0.459 e. The average Bonchev–Trinajstić information content (AvgIpc) is 3.50. The van der Waals surface area contributed by atoms with Crippen LogP contribution in [0.15, 0.2) is 41.5 Å². The Morgan fingerprint density at radius 1 is 1.30 bits per heavy atom. The number of rotatable bonds is 11. The Morgan fingerprint density at radius 2 is 2.00 bits per heavy atom. The van der Waals surface area contributed by atoms with Crippen LogP contribution in [0, 0.1) is 0 Å². The molecule has 2 fully saturated rings. The van der Waals surface area contributed by atoms with Crippen LogP contribution in [0.5, 0.6) is 5.75 Å². The van der Waals surface area contributed by atoms with Gasteiger partial charge in [0.05, 0.1) is 12.9 Å². The highest BCUT2D eigenvalue weighted by atomic mass is 31.2. The van der Waals surface area contributed by atoms with Crippen LogP contribution in [0.4, 0.5) is 10.3 Å². The molecule has 3 unspecified atom stereocenters. The first-order valence-corrected chi connectivity index (χ1v) is 15.8. The Hall–Kier alpha value is -3.40. The number of esters is 1. The van der Waals surface area contributed by atoms with Crippen molar-refractivity contribution in [3.05, 3.63) is 47.0 Å². The first kappa shape index (κ1) is 32.0. The predicted molar refractivity (Wildman–Crippen MR) is 154 cm³/mol. The minimum Gasteiger partial charge on any atom is -0.461 e. The van der Waals surface area contributed by atoms with E-state index in [9.17, 15) is 28.8 Å². The second kappa shape index (κ2) is 12.5. The molecule has 1 aliphatic heterocycles. The van der Waals surface area contributed by atoms with Gasteiger partial charge in [0.2, 0.25) is 5.95 Å². The van der Waals surface area contributed by atoms with Gasteiger partial charge in [-0.2, -0.15) is 10.1 Å². The lowest BCUT2D eigenvalue weighted by atomic mass is 9.81. The summed E-state index contributed by atoms with van der Waals surface area (Å²) in [5.41, 5.74) is -0.0503. The minimum absolute atomic E-state index is 0.0619. The highest BCUT2D eigenvalue weighted by molar-refractivity contribution is 7.52. The number of aromatic nitrogens is 4. The number of nitrogens with two attached hydrogens (primary N) is 1. The number of anilines is 1.